The molecule has 0 atom stereocenters. The van der Waals surface area contributed by atoms with Crippen LogP contribution in [0.4, 0.5) is 0 Å². The molecule has 88 valence electrons. The van der Waals surface area contributed by atoms with Crippen LogP contribution in [0.2, 0.25) is 5.02 Å². The highest BCUT2D eigenvalue weighted by Crippen LogP contribution is 2.25. The van der Waals surface area contributed by atoms with Crippen LogP contribution in [0, 0.1) is 0 Å². The molecule has 0 spiro atoms. The summed E-state index contributed by atoms with van der Waals surface area (Å²) in [5.41, 5.74) is 0.140. The van der Waals surface area contributed by atoms with Crippen molar-refractivity contribution in [1.82, 2.24) is 9.97 Å². The maximum absolute atomic E-state index is 11.8. The van der Waals surface area contributed by atoms with Crippen LogP contribution >= 0.6 is 23.2 Å². The average molecular weight is 271 g/mol. The summed E-state index contributed by atoms with van der Waals surface area (Å²) in [7, 11) is 0. The molecule has 1 aromatic carbocycles. The molecule has 0 unspecified atom stereocenters. The van der Waals surface area contributed by atoms with Crippen molar-refractivity contribution in [3.05, 3.63) is 45.5 Å². The van der Waals surface area contributed by atoms with E-state index in [0.717, 1.165) is 0 Å². The van der Waals surface area contributed by atoms with Crippen molar-refractivity contribution in [3.8, 4) is 17.0 Å². The van der Waals surface area contributed by atoms with Crippen LogP contribution in [-0.2, 0) is 5.88 Å². The highest BCUT2D eigenvalue weighted by Gasteiger charge is 2.12. The summed E-state index contributed by atoms with van der Waals surface area (Å²) in [6, 6.07) is 6.61. The number of benzene rings is 1. The first kappa shape index (κ1) is 12.0. The number of aromatic amines is 1. The van der Waals surface area contributed by atoms with E-state index in [1.807, 2.05) is 0 Å². The molecule has 0 aliphatic carbocycles. The second kappa shape index (κ2) is 4.77. The summed E-state index contributed by atoms with van der Waals surface area (Å²) >= 11 is 11.4. The van der Waals surface area contributed by atoms with Crippen molar-refractivity contribution >= 4 is 23.2 Å². The van der Waals surface area contributed by atoms with Gasteiger partial charge in [0.05, 0.1) is 5.88 Å². The molecule has 0 fully saturated rings. The minimum atomic E-state index is -0.449. The second-order valence-electron chi connectivity index (χ2n) is 3.36. The molecule has 0 bridgehead atoms. The number of hydrogen-bond acceptors (Lipinski definition) is 3. The topological polar surface area (TPSA) is 66.0 Å². The summed E-state index contributed by atoms with van der Waals surface area (Å²) in [6.45, 7) is 0. The van der Waals surface area contributed by atoms with Gasteiger partial charge >= 0.3 is 0 Å². The van der Waals surface area contributed by atoms with Gasteiger partial charge < -0.3 is 10.1 Å². The fourth-order valence-corrected chi connectivity index (χ4v) is 1.79. The van der Waals surface area contributed by atoms with E-state index in [4.69, 9.17) is 23.2 Å². The van der Waals surface area contributed by atoms with E-state index in [2.05, 4.69) is 9.97 Å². The number of H-pyrrole nitrogens is 1. The molecular formula is C11H8Cl2N2O2. The molecule has 0 aliphatic heterocycles. The maximum Gasteiger partial charge on any atom is 0.262 e. The lowest BCUT2D eigenvalue weighted by molar-refractivity contribution is 0.451. The Hall–Kier alpha value is -1.52. The molecule has 2 N–H and O–H groups in total. The van der Waals surface area contributed by atoms with Gasteiger partial charge in [-0.2, -0.15) is 4.98 Å². The van der Waals surface area contributed by atoms with Crippen LogP contribution in [0.5, 0.6) is 5.88 Å². The molecule has 1 aromatic heterocycles. The van der Waals surface area contributed by atoms with Gasteiger partial charge in [0, 0.05) is 5.02 Å². The number of nitrogens with zero attached hydrogens (tertiary/aromatic N) is 1. The van der Waals surface area contributed by atoms with Crippen LogP contribution in [-0.4, -0.2) is 15.1 Å². The first-order chi connectivity index (χ1) is 8.11. The van der Waals surface area contributed by atoms with E-state index in [-0.39, 0.29) is 23.1 Å². The fourth-order valence-electron chi connectivity index (χ4n) is 1.47. The van der Waals surface area contributed by atoms with E-state index in [1.54, 1.807) is 24.3 Å². The Morgan fingerprint density at radius 2 is 2.18 bits per heavy atom. The standard InChI is InChI=1S/C11H8Cl2N2O2/c12-5-8-14-10(16)9(11(17)15-8)6-2-1-3-7(13)4-6/h1-4H,5H2,(H2,14,15,16,17). The largest absolute Gasteiger partial charge is 0.493 e. The van der Waals surface area contributed by atoms with E-state index < -0.39 is 5.56 Å². The summed E-state index contributed by atoms with van der Waals surface area (Å²) in [5, 5.41) is 10.2. The Morgan fingerprint density at radius 1 is 1.41 bits per heavy atom. The third-order valence-corrected chi connectivity index (χ3v) is 2.68. The summed E-state index contributed by atoms with van der Waals surface area (Å²) in [4.78, 5) is 18.0. The van der Waals surface area contributed by atoms with Gasteiger partial charge in [0.15, 0.2) is 0 Å². The van der Waals surface area contributed by atoms with E-state index >= 15 is 0 Å². The maximum atomic E-state index is 11.8. The van der Waals surface area contributed by atoms with Crippen molar-refractivity contribution < 1.29 is 5.11 Å². The predicted octanol–water partition coefficient (Wildman–Crippen LogP) is 2.53. The monoisotopic (exact) mass is 270 g/mol. The smallest absolute Gasteiger partial charge is 0.262 e. The zero-order chi connectivity index (χ0) is 12.4. The lowest BCUT2D eigenvalue weighted by Crippen LogP contribution is -2.13. The minimum absolute atomic E-state index is 0.0264. The first-order valence-electron chi connectivity index (χ1n) is 4.76. The molecular weight excluding hydrogens is 263 g/mol. The zero-order valence-corrected chi connectivity index (χ0v) is 10.1. The third kappa shape index (κ3) is 2.43. The van der Waals surface area contributed by atoms with Crippen molar-refractivity contribution in [1.29, 1.82) is 0 Å². The summed E-state index contributed by atoms with van der Waals surface area (Å²) in [5.74, 6) is -0.106. The molecule has 0 saturated carbocycles. The van der Waals surface area contributed by atoms with Crippen LogP contribution in [0.25, 0.3) is 11.1 Å². The van der Waals surface area contributed by atoms with Crippen molar-refractivity contribution in [2.24, 2.45) is 0 Å². The molecule has 6 heteroatoms. The van der Waals surface area contributed by atoms with Gasteiger partial charge in [0.25, 0.3) is 5.56 Å². The Balaban J connectivity index is 2.64. The number of aromatic nitrogens is 2. The SMILES string of the molecule is O=c1[nH]c(CCl)nc(O)c1-c1cccc(Cl)c1. The highest BCUT2D eigenvalue weighted by atomic mass is 35.5. The normalized spacial score (nSPS) is 10.5. The highest BCUT2D eigenvalue weighted by molar-refractivity contribution is 6.30. The number of alkyl halides is 1. The number of rotatable bonds is 2. The Morgan fingerprint density at radius 3 is 2.76 bits per heavy atom. The fraction of sp³-hybridized carbons (Fsp3) is 0.0909. The molecule has 0 aliphatic rings. The average Bonchev–Trinajstić information content (AvgIpc) is 2.28. The third-order valence-electron chi connectivity index (χ3n) is 2.19. The van der Waals surface area contributed by atoms with Gasteiger partial charge in [-0.05, 0) is 17.7 Å². The lowest BCUT2D eigenvalue weighted by Gasteiger charge is -2.04. The van der Waals surface area contributed by atoms with Crippen molar-refractivity contribution in [2.75, 3.05) is 0 Å². The van der Waals surface area contributed by atoms with Crippen LogP contribution < -0.4 is 5.56 Å². The molecule has 0 radical (unpaired) electrons. The van der Waals surface area contributed by atoms with Crippen molar-refractivity contribution in [2.45, 2.75) is 5.88 Å². The van der Waals surface area contributed by atoms with Gasteiger partial charge in [-0.25, -0.2) is 0 Å². The molecule has 2 aromatic rings. The van der Waals surface area contributed by atoms with Gasteiger partial charge in [-0.3, -0.25) is 4.79 Å². The Bertz CT molecular complexity index is 611. The molecule has 4 nitrogen and oxygen atoms in total. The number of halogens is 2. The second-order valence-corrected chi connectivity index (χ2v) is 4.06. The van der Waals surface area contributed by atoms with E-state index in [9.17, 15) is 9.90 Å². The Kier molecular flexibility index (Phi) is 3.36. The predicted molar refractivity (Wildman–Crippen MR) is 66.5 cm³/mol. The van der Waals surface area contributed by atoms with E-state index in [1.165, 1.54) is 0 Å². The van der Waals surface area contributed by atoms with Crippen LogP contribution in [0.1, 0.15) is 5.82 Å². The minimum Gasteiger partial charge on any atom is -0.493 e. The van der Waals surface area contributed by atoms with Gasteiger partial charge in [-0.15, -0.1) is 11.6 Å². The van der Waals surface area contributed by atoms with Crippen LogP contribution in [0.3, 0.4) is 0 Å². The molecule has 2 rings (SSSR count). The molecule has 0 saturated heterocycles. The molecule has 1 heterocycles. The quantitative estimate of drug-likeness (QED) is 0.825. The summed E-state index contributed by atoms with van der Waals surface area (Å²) < 4.78 is 0. The van der Waals surface area contributed by atoms with Crippen LogP contribution in [0.15, 0.2) is 29.1 Å². The van der Waals surface area contributed by atoms with Gasteiger partial charge in [-0.1, -0.05) is 23.7 Å². The lowest BCUT2D eigenvalue weighted by atomic mass is 10.1. The zero-order valence-electron chi connectivity index (χ0n) is 8.58. The number of aromatic hydroxyl groups is 1. The van der Waals surface area contributed by atoms with Gasteiger partial charge in [0.1, 0.15) is 11.4 Å². The van der Waals surface area contributed by atoms with E-state index in [0.29, 0.717) is 10.6 Å². The number of nitrogens with one attached hydrogen (secondary N) is 1. The first-order valence-corrected chi connectivity index (χ1v) is 5.67. The Labute approximate surface area is 107 Å². The molecule has 17 heavy (non-hydrogen) atoms. The van der Waals surface area contributed by atoms with Gasteiger partial charge in [0.2, 0.25) is 5.88 Å². The number of hydrogen-bond donors (Lipinski definition) is 2. The van der Waals surface area contributed by atoms with Crippen molar-refractivity contribution in [3.63, 3.8) is 0 Å². The summed E-state index contributed by atoms with van der Waals surface area (Å²) in [6.07, 6.45) is 0. The molecule has 0 amide bonds.